The first-order chi connectivity index (χ1) is 16.4. The number of hydrogen-bond donors (Lipinski definition) is 3. The Morgan fingerprint density at radius 3 is 2.41 bits per heavy atom. The van der Waals surface area contributed by atoms with Crippen molar-refractivity contribution in [2.24, 2.45) is 5.41 Å². The number of carbonyl (C=O) groups is 1. The van der Waals surface area contributed by atoms with E-state index in [4.69, 9.17) is 4.74 Å². The molecule has 0 aromatic heterocycles. The molecule has 3 N–H and O–H groups in total. The van der Waals surface area contributed by atoms with Crippen molar-refractivity contribution in [2.75, 3.05) is 26.8 Å². The summed E-state index contributed by atoms with van der Waals surface area (Å²) in [5, 5.41) is 18.9. The molecule has 0 aromatic rings. The number of nitrogens with one attached hydrogen (secondary N) is 3. The number of nitrogens with zero attached hydrogens (tertiary/aromatic N) is 1. The molecule has 34 heavy (non-hydrogen) atoms. The highest BCUT2D eigenvalue weighted by molar-refractivity contribution is 5.94. The van der Waals surface area contributed by atoms with Crippen molar-refractivity contribution in [1.29, 1.82) is 5.26 Å². The summed E-state index contributed by atoms with van der Waals surface area (Å²) in [6.45, 7) is 4.22. The number of dihydropyridines is 1. The Morgan fingerprint density at radius 2 is 1.94 bits per heavy atom. The minimum Gasteiger partial charge on any atom is -0.381 e. The molecule has 0 saturated carbocycles. The molecule has 1 unspecified atom stereocenters. The Bertz CT molecular complexity index is 861. The maximum Gasteiger partial charge on any atom is 0.253 e. The molecule has 2 rings (SSSR count). The fourth-order valence-corrected chi connectivity index (χ4v) is 3.22. The van der Waals surface area contributed by atoms with Crippen molar-refractivity contribution in [3.05, 3.63) is 59.2 Å². The van der Waals surface area contributed by atoms with Gasteiger partial charge in [-0.15, -0.1) is 12.8 Å². The van der Waals surface area contributed by atoms with Crippen molar-refractivity contribution in [3.63, 3.8) is 0 Å². The van der Waals surface area contributed by atoms with Crippen LogP contribution in [0.25, 0.3) is 0 Å². The first kappa shape index (κ1) is 30.6. The molecule has 1 saturated heterocycles. The molecule has 1 fully saturated rings. The van der Waals surface area contributed by atoms with E-state index < -0.39 is 19.0 Å². The fraction of sp³-hybridized carbons (Fsp3) is 0.440. The Labute approximate surface area is 200 Å². The minimum absolute atomic E-state index is 0.114. The lowest BCUT2D eigenvalue weighted by atomic mass is 9.74. The zero-order valence-electron chi connectivity index (χ0n) is 19.8. The van der Waals surface area contributed by atoms with Crippen LogP contribution in [0, 0.1) is 29.6 Å². The van der Waals surface area contributed by atoms with Gasteiger partial charge >= 0.3 is 0 Å². The number of hydrogen-bond acceptors (Lipinski definition) is 5. The van der Waals surface area contributed by atoms with Gasteiger partial charge in [0.1, 0.15) is 6.67 Å². The van der Waals surface area contributed by atoms with Crippen LogP contribution in [0.15, 0.2) is 59.2 Å². The van der Waals surface area contributed by atoms with Gasteiger partial charge in [0, 0.05) is 36.4 Å². The largest absolute Gasteiger partial charge is 0.381 e. The molecule has 6 nitrogen and oxygen atoms in total. The van der Waals surface area contributed by atoms with Crippen molar-refractivity contribution >= 4 is 5.91 Å². The van der Waals surface area contributed by atoms with Gasteiger partial charge in [-0.25, -0.2) is 13.2 Å². The standard InChI is InChI=1S/C22H29FN4O2.C2H2.CH2F2/c1-4-18(6-5-11-23)26-17(3)16(2)21(28)27-19-7-8-20(25-14-19)22(15-24)9-12-29-13-10-22;1-2;2-1-3/h4-8,14,20,25-26H,9-13H2,1-3H3,(H,27,28);1-2H;1H2/b6-5-,17-16+,18-4+;;. The molecule has 2 aliphatic rings. The van der Waals surface area contributed by atoms with E-state index in [1.165, 1.54) is 6.08 Å². The molecule has 0 aromatic carbocycles. The van der Waals surface area contributed by atoms with Crippen LogP contribution in [0.5, 0.6) is 0 Å². The number of rotatable bonds is 7. The third-order valence-corrected chi connectivity index (χ3v) is 5.28. The van der Waals surface area contributed by atoms with Crippen molar-refractivity contribution < 1.29 is 22.7 Å². The summed E-state index contributed by atoms with van der Waals surface area (Å²) in [4.78, 5) is 12.6. The molecule has 0 spiro atoms. The second-order valence-electron chi connectivity index (χ2n) is 7.21. The van der Waals surface area contributed by atoms with E-state index in [1.54, 1.807) is 32.2 Å². The lowest BCUT2D eigenvalue weighted by Crippen LogP contribution is -2.46. The predicted molar refractivity (Wildman–Crippen MR) is 128 cm³/mol. The number of halogens is 3. The van der Waals surface area contributed by atoms with Crippen LogP contribution >= 0.6 is 0 Å². The van der Waals surface area contributed by atoms with Gasteiger partial charge in [-0.1, -0.05) is 18.2 Å². The van der Waals surface area contributed by atoms with Crippen LogP contribution in [0.1, 0.15) is 33.6 Å². The lowest BCUT2D eigenvalue weighted by molar-refractivity contribution is -0.116. The van der Waals surface area contributed by atoms with Gasteiger partial charge in [0.2, 0.25) is 6.93 Å². The number of terminal acetylenes is 1. The molecule has 0 bridgehead atoms. The molecule has 2 heterocycles. The molecule has 9 heteroatoms. The lowest BCUT2D eigenvalue weighted by Gasteiger charge is -2.37. The van der Waals surface area contributed by atoms with Crippen LogP contribution in [0.2, 0.25) is 0 Å². The molecule has 1 atom stereocenters. The number of ether oxygens (including phenoxy) is 1. The number of nitriles is 1. The maximum absolute atomic E-state index is 12.6. The molecule has 1 amide bonds. The van der Waals surface area contributed by atoms with Crippen LogP contribution in [0.3, 0.4) is 0 Å². The normalized spacial score (nSPS) is 19.6. The summed E-state index contributed by atoms with van der Waals surface area (Å²) in [6.07, 6.45) is 19.7. The molecule has 0 radical (unpaired) electrons. The van der Waals surface area contributed by atoms with Crippen LogP contribution in [-0.2, 0) is 9.53 Å². The number of carbonyl (C=O) groups excluding carboxylic acids is 1. The first-order valence-corrected chi connectivity index (χ1v) is 10.6. The Kier molecular flexibility index (Phi) is 15.4. The molecule has 2 aliphatic heterocycles. The quantitative estimate of drug-likeness (QED) is 0.290. The molecule has 186 valence electrons. The van der Waals surface area contributed by atoms with Gasteiger partial charge in [0.25, 0.3) is 5.91 Å². The van der Waals surface area contributed by atoms with Crippen LogP contribution < -0.4 is 16.0 Å². The minimum atomic E-state index is -1.75. The van der Waals surface area contributed by atoms with E-state index in [0.29, 0.717) is 48.7 Å². The Hall–Kier alpha value is -3.43. The average molecular weight is 479 g/mol. The van der Waals surface area contributed by atoms with Crippen LogP contribution in [-0.4, -0.2) is 38.8 Å². The third kappa shape index (κ3) is 9.60. The van der Waals surface area contributed by atoms with Crippen molar-refractivity contribution in [2.45, 2.75) is 39.7 Å². The van der Waals surface area contributed by atoms with E-state index in [2.05, 4.69) is 34.9 Å². The van der Waals surface area contributed by atoms with Gasteiger partial charge < -0.3 is 20.7 Å². The summed E-state index contributed by atoms with van der Waals surface area (Å²) in [5.41, 5.74) is 2.05. The van der Waals surface area contributed by atoms with E-state index in [1.807, 2.05) is 19.1 Å². The second-order valence-corrected chi connectivity index (χ2v) is 7.21. The highest BCUT2D eigenvalue weighted by Gasteiger charge is 2.40. The van der Waals surface area contributed by atoms with Gasteiger partial charge in [-0.05, 0) is 45.8 Å². The first-order valence-electron chi connectivity index (χ1n) is 10.6. The van der Waals surface area contributed by atoms with E-state index in [0.717, 1.165) is 0 Å². The second kappa shape index (κ2) is 17.1. The summed E-state index contributed by atoms with van der Waals surface area (Å²) >= 11 is 0. The Balaban J connectivity index is 0.00000201. The highest BCUT2D eigenvalue weighted by atomic mass is 19.3. The molecular formula is C25H33F3N4O2. The SMILES string of the molecule is C#C.C/C=C(\C=C/CF)N/C(C)=C(\C)C(=O)NC1=CNC(C2(C#N)CCOCC2)C=C1.FCF. The van der Waals surface area contributed by atoms with Gasteiger partial charge in [-0.2, -0.15) is 5.26 Å². The van der Waals surface area contributed by atoms with Crippen molar-refractivity contribution in [1.82, 2.24) is 16.0 Å². The summed E-state index contributed by atoms with van der Waals surface area (Å²) in [6, 6.07) is 2.34. The number of allylic oxidation sites excluding steroid dienone is 5. The van der Waals surface area contributed by atoms with E-state index in [-0.39, 0.29) is 11.9 Å². The van der Waals surface area contributed by atoms with E-state index >= 15 is 0 Å². The summed E-state index contributed by atoms with van der Waals surface area (Å²) in [5.74, 6) is -0.239. The summed E-state index contributed by atoms with van der Waals surface area (Å²) in [7, 11) is 0. The molecular weight excluding hydrogens is 445 g/mol. The monoisotopic (exact) mass is 478 g/mol. The average Bonchev–Trinajstić information content (AvgIpc) is 2.88. The van der Waals surface area contributed by atoms with Crippen LogP contribution in [0.4, 0.5) is 13.2 Å². The number of amides is 1. The highest BCUT2D eigenvalue weighted by Crippen LogP contribution is 2.35. The van der Waals surface area contributed by atoms with Gasteiger partial charge in [0.05, 0.1) is 23.2 Å². The topological polar surface area (TPSA) is 86.2 Å². The van der Waals surface area contributed by atoms with Crippen molar-refractivity contribution in [3.8, 4) is 18.9 Å². The van der Waals surface area contributed by atoms with Gasteiger partial charge in [0.15, 0.2) is 0 Å². The maximum atomic E-state index is 12.6. The predicted octanol–water partition coefficient (Wildman–Crippen LogP) is 4.24. The summed E-state index contributed by atoms with van der Waals surface area (Å²) < 4.78 is 36.9. The van der Waals surface area contributed by atoms with Gasteiger partial charge in [-0.3, -0.25) is 4.79 Å². The zero-order chi connectivity index (χ0) is 26.0. The zero-order valence-corrected chi connectivity index (χ0v) is 19.8. The third-order valence-electron chi connectivity index (χ3n) is 5.28. The Morgan fingerprint density at radius 1 is 1.32 bits per heavy atom. The van der Waals surface area contributed by atoms with E-state index in [9.17, 15) is 23.2 Å². The fourth-order valence-electron chi connectivity index (χ4n) is 3.22. The molecule has 0 aliphatic carbocycles. The smallest absolute Gasteiger partial charge is 0.253 e. The number of alkyl halides is 3.